The molecule has 2 aromatic rings. The highest BCUT2D eigenvalue weighted by Crippen LogP contribution is 2.20. The van der Waals surface area contributed by atoms with Crippen molar-refractivity contribution in [3.8, 4) is 11.9 Å². The van der Waals surface area contributed by atoms with Crippen molar-refractivity contribution < 1.29 is 4.92 Å². The van der Waals surface area contributed by atoms with Gasteiger partial charge >= 0.3 is 5.69 Å². The Balaban J connectivity index is 2.63. The van der Waals surface area contributed by atoms with E-state index in [4.69, 9.17) is 5.26 Å². The average molecular weight is 216 g/mol. The molecule has 0 N–H and O–H groups in total. The Bertz CT molecular complexity index is 571. The van der Waals surface area contributed by atoms with Crippen LogP contribution in [0.1, 0.15) is 5.56 Å². The summed E-state index contributed by atoms with van der Waals surface area (Å²) >= 11 is 0. The molecule has 0 aliphatic heterocycles. The van der Waals surface area contributed by atoms with Crippen molar-refractivity contribution in [1.82, 2.24) is 19.7 Å². The van der Waals surface area contributed by atoms with E-state index < -0.39 is 4.92 Å². The topological polar surface area (TPSA) is 111 Å². The molecule has 0 bridgehead atoms. The van der Waals surface area contributed by atoms with Gasteiger partial charge in [0.1, 0.15) is 18.7 Å². The fourth-order valence-electron chi connectivity index (χ4n) is 1.14. The van der Waals surface area contributed by atoms with E-state index in [1.807, 2.05) is 0 Å². The maximum absolute atomic E-state index is 10.8. The minimum atomic E-state index is -0.620. The zero-order chi connectivity index (χ0) is 11.5. The van der Waals surface area contributed by atoms with Crippen LogP contribution >= 0.6 is 0 Å². The summed E-state index contributed by atoms with van der Waals surface area (Å²) in [5.74, 6) is 0.0292. The Morgan fingerprint density at radius 3 is 2.94 bits per heavy atom. The Morgan fingerprint density at radius 2 is 2.38 bits per heavy atom. The summed E-state index contributed by atoms with van der Waals surface area (Å²) in [5.41, 5.74) is -0.167. The van der Waals surface area contributed by atoms with E-state index in [1.54, 1.807) is 6.07 Å². The number of hydrogen-bond donors (Lipinski definition) is 0. The lowest BCUT2D eigenvalue weighted by molar-refractivity contribution is -0.385. The smallest absolute Gasteiger partial charge is 0.258 e. The molecule has 0 radical (unpaired) electrons. The zero-order valence-corrected chi connectivity index (χ0v) is 7.81. The third-order valence-corrected chi connectivity index (χ3v) is 1.81. The van der Waals surface area contributed by atoms with Crippen molar-refractivity contribution in [2.24, 2.45) is 0 Å². The predicted molar refractivity (Wildman–Crippen MR) is 50.5 cm³/mol. The maximum Gasteiger partial charge on any atom is 0.315 e. The van der Waals surface area contributed by atoms with E-state index >= 15 is 0 Å². The van der Waals surface area contributed by atoms with Gasteiger partial charge in [-0.15, -0.1) is 0 Å². The molecule has 0 unspecified atom stereocenters. The number of nitrogens with zero attached hydrogens (tertiary/aromatic N) is 6. The summed E-state index contributed by atoms with van der Waals surface area (Å²) in [5, 5.41) is 23.1. The van der Waals surface area contributed by atoms with Crippen molar-refractivity contribution in [3.63, 3.8) is 0 Å². The third-order valence-electron chi connectivity index (χ3n) is 1.81. The summed E-state index contributed by atoms with van der Waals surface area (Å²) in [6.45, 7) is 0. The summed E-state index contributed by atoms with van der Waals surface area (Å²) in [4.78, 5) is 17.6. The number of pyridine rings is 1. The monoisotopic (exact) mass is 216 g/mol. The van der Waals surface area contributed by atoms with Crippen molar-refractivity contribution in [2.75, 3.05) is 0 Å². The van der Waals surface area contributed by atoms with Crippen LogP contribution in [0, 0.1) is 21.4 Å². The van der Waals surface area contributed by atoms with Crippen LogP contribution in [-0.2, 0) is 0 Å². The zero-order valence-electron chi connectivity index (χ0n) is 7.81. The lowest BCUT2D eigenvalue weighted by atomic mass is 10.3. The first kappa shape index (κ1) is 9.72. The molecule has 2 aromatic heterocycles. The molecule has 16 heavy (non-hydrogen) atoms. The number of rotatable bonds is 2. The highest BCUT2D eigenvalue weighted by molar-refractivity contribution is 5.50. The molecule has 0 aromatic carbocycles. The van der Waals surface area contributed by atoms with Gasteiger partial charge in [-0.25, -0.2) is 9.97 Å². The second kappa shape index (κ2) is 3.74. The standard InChI is InChI=1S/C8H4N6O2/c9-2-6-1-7(14(15)16)8(11-3-6)13-5-10-4-12-13/h1,3-5H. The first-order valence-corrected chi connectivity index (χ1v) is 4.12. The van der Waals surface area contributed by atoms with Gasteiger partial charge < -0.3 is 0 Å². The Labute approximate surface area is 88.9 Å². The largest absolute Gasteiger partial charge is 0.315 e. The third kappa shape index (κ3) is 1.57. The van der Waals surface area contributed by atoms with Crippen LogP contribution in [0.2, 0.25) is 0 Å². The molecule has 0 aliphatic rings. The molecule has 0 atom stereocenters. The Morgan fingerprint density at radius 1 is 1.56 bits per heavy atom. The first-order valence-electron chi connectivity index (χ1n) is 4.12. The fourth-order valence-corrected chi connectivity index (χ4v) is 1.14. The molecular weight excluding hydrogens is 212 g/mol. The van der Waals surface area contributed by atoms with Gasteiger partial charge in [-0.05, 0) is 0 Å². The fraction of sp³-hybridized carbons (Fsp3) is 0. The number of nitriles is 1. The van der Waals surface area contributed by atoms with Gasteiger partial charge in [-0.1, -0.05) is 0 Å². The van der Waals surface area contributed by atoms with Crippen LogP contribution in [0.5, 0.6) is 0 Å². The Kier molecular flexibility index (Phi) is 2.27. The molecule has 0 amide bonds. The van der Waals surface area contributed by atoms with Gasteiger partial charge in [0.25, 0.3) is 0 Å². The lowest BCUT2D eigenvalue weighted by Gasteiger charge is -2.00. The van der Waals surface area contributed by atoms with E-state index in [0.29, 0.717) is 0 Å². The summed E-state index contributed by atoms with van der Waals surface area (Å²) < 4.78 is 1.17. The van der Waals surface area contributed by atoms with Gasteiger partial charge in [0, 0.05) is 12.3 Å². The molecular formula is C8H4N6O2. The van der Waals surface area contributed by atoms with Crippen LogP contribution in [0.15, 0.2) is 24.9 Å². The SMILES string of the molecule is N#Cc1cnc(-n2cncn2)c([N+](=O)[O-])c1. The van der Waals surface area contributed by atoms with E-state index in [2.05, 4.69) is 15.1 Å². The molecule has 0 saturated heterocycles. The minimum absolute atomic E-state index is 0.0292. The van der Waals surface area contributed by atoms with Gasteiger partial charge in [0.05, 0.1) is 10.5 Å². The van der Waals surface area contributed by atoms with Gasteiger partial charge in [0.2, 0.25) is 5.82 Å². The van der Waals surface area contributed by atoms with Crippen LogP contribution < -0.4 is 0 Å². The normalized spacial score (nSPS) is 9.69. The highest BCUT2D eigenvalue weighted by atomic mass is 16.6. The van der Waals surface area contributed by atoms with Gasteiger partial charge in [-0.3, -0.25) is 10.1 Å². The van der Waals surface area contributed by atoms with Crippen molar-refractivity contribution in [3.05, 3.63) is 40.6 Å². The second-order valence-corrected chi connectivity index (χ2v) is 2.78. The maximum atomic E-state index is 10.8. The van der Waals surface area contributed by atoms with Crippen molar-refractivity contribution in [1.29, 1.82) is 5.26 Å². The predicted octanol–water partition coefficient (Wildman–Crippen LogP) is 0.442. The number of hydrogen-bond acceptors (Lipinski definition) is 6. The average Bonchev–Trinajstić information content (AvgIpc) is 2.81. The van der Waals surface area contributed by atoms with Gasteiger partial charge in [-0.2, -0.15) is 15.0 Å². The molecule has 0 saturated carbocycles. The first-order chi connectivity index (χ1) is 7.72. The summed E-state index contributed by atoms with van der Waals surface area (Å²) in [7, 11) is 0. The molecule has 0 fully saturated rings. The highest BCUT2D eigenvalue weighted by Gasteiger charge is 2.18. The van der Waals surface area contributed by atoms with Crippen LogP contribution in [-0.4, -0.2) is 24.7 Å². The van der Waals surface area contributed by atoms with Crippen LogP contribution in [0.4, 0.5) is 5.69 Å². The molecule has 78 valence electrons. The quantitative estimate of drug-likeness (QED) is 0.532. The molecule has 8 heteroatoms. The molecule has 2 rings (SSSR count). The van der Waals surface area contributed by atoms with E-state index in [0.717, 1.165) is 6.07 Å². The van der Waals surface area contributed by atoms with Crippen molar-refractivity contribution >= 4 is 5.69 Å². The summed E-state index contributed by atoms with van der Waals surface area (Å²) in [6, 6.07) is 2.93. The molecule has 8 nitrogen and oxygen atoms in total. The van der Waals surface area contributed by atoms with E-state index in [9.17, 15) is 10.1 Å². The second-order valence-electron chi connectivity index (χ2n) is 2.78. The molecule has 2 heterocycles. The molecule has 0 aliphatic carbocycles. The van der Waals surface area contributed by atoms with Crippen molar-refractivity contribution in [2.45, 2.75) is 0 Å². The number of aromatic nitrogens is 4. The lowest BCUT2D eigenvalue weighted by Crippen LogP contribution is -2.03. The van der Waals surface area contributed by atoms with Gasteiger partial charge in [0.15, 0.2) is 0 Å². The summed E-state index contributed by atoms with van der Waals surface area (Å²) in [6.07, 6.45) is 3.77. The van der Waals surface area contributed by atoms with E-state index in [1.165, 1.54) is 23.5 Å². The Hall–Kier alpha value is -2.82. The minimum Gasteiger partial charge on any atom is -0.258 e. The number of nitro groups is 1. The van der Waals surface area contributed by atoms with E-state index in [-0.39, 0.29) is 17.1 Å². The van der Waals surface area contributed by atoms with Crippen LogP contribution in [0.3, 0.4) is 0 Å². The molecule has 0 spiro atoms. The van der Waals surface area contributed by atoms with Crippen LogP contribution in [0.25, 0.3) is 5.82 Å².